The molecule has 5 nitrogen and oxygen atoms in total. The second-order valence-corrected chi connectivity index (χ2v) is 6.62. The van der Waals surface area contributed by atoms with Crippen LogP contribution in [0.2, 0.25) is 0 Å². The van der Waals surface area contributed by atoms with E-state index >= 15 is 0 Å². The zero-order valence-corrected chi connectivity index (χ0v) is 13.4. The Hall–Kier alpha value is -0.810. The average Bonchev–Trinajstić information content (AvgIpc) is 3.12. The third kappa shape index (κ3) is 3.04. The van der Waals surface area contributed by atoms with Crippen molar-refractivity contribution in [3.63, 3.8) is 0 Å². The van der Waals surface area contributed by atoms with Crippen molar-refractivity contribution in [2.45, 2.75) is 51.1 Å². The van der Waals surface area contributed by atoms with Crippen LogP contribution in [0.5, 0.6) is 0 Å². The number of amides is 2. The summed E-state index contributed by atoms with van der Waals surface area (Å²) in [5.74, 6) is 1.35. The highest BCUT2D eigenvalue weighted by Crippen LogP contribution is 2.47. The van der Waals surface area contributed by atoms with Crippen molar-refractivity contribution < 1.29 is 9.59 Å². The van der Waals surface area contributed by atoms with Gasteiger partial charge in [-0.3, -0.25) is 9.59 Å². The molecule has 3 rings (SSSR count). The van der Waals surface area contributed by atoms with Crippen LogP contribution >= 0.6 is 12.4 Å². The van der Waals surface area contributed by atoms with Crippen molar-refractivity contribution in [2.75, 3.05) is 13.1 Å². The van der Waals surface area contributed by atoms with Crippen LogP contribution in [0.1, 0.15) is 39.0 Å². The number of nitrogens with two attached hydrogens (primary N) is 1. The molecule has 0 spiro atoms. The standard InChI is InChI=1S/C15H25N3O2.ClH/c1-2-12(19)18-6-5-11(8-18)17-15(20)13-9-3-4-10(7-9)14(13)16;/h9-11,13-14H,2-8,16H2,1H3,(H,17,20);1H. The summed E-state index contributed by atoms with van der Waals surface area (Å²) in [6.45, 7) is 3.30. The van der Waals surface area contributed by atoms with Gasteiger partial charge in [0.15, 0.2) is 0 Å². The van der Waals surface area contributed by atoms with Crippen molar-refractivity contribution in [3.05, 3.63) is 0 Å². The first-order valence-electron chi connectivity index (χ1n) is 7.94. The minimum Gasteiger partial charge on any atom is -0.351 e. The molecule has 2 bridgehead atoms. The van der Waals surface area contributed by atoms with Gasteiger partial charge in [0.05, 0.1) is 5.92 Å². The molecule has 0 aromatic heterocycles. The van der Waals surface area contributed by atoms with Crippen LogP contribution in [-0.4, -0.2) is 41.9 Å². The molecule has 6 heteroatoms. The fourth-order valence-corrected chi connectivity index (χ4v) is 4.35. The van der Waals surface area contributed by atoms with Crippen molar-refractivity contribution >= 4 is 24.2 Å². The number of hydrogen-bond donors (Lipinski definition) is 2. The lowest BCUT2D eigenvalue weighted by Gasteiger charge is -2.28. The third-order valence-corrected chi connectivity index (χ3v) is 5.47. The van der Waals surface area contributed by atoms with E-state index in [9.17, 15) is 9.59 Å². The SMILES string of the molecule is CCC(=O)N1CCC(NC(=O)C2C3CCC(C3)C2N)C1.Cl. The lowest BCUT2D eigenvalue weighted by molar-refractivity contribution is -0.131. The minimum atomic E-state index is 0. The number of likely N-dealkylation sites (tertiary alicyclic amines) is 1. The van der Waals surface area contributed by atoms with Crippen LogP contribution in [0.4, 0.5) is 0 Å². The molecule has 5 unspecified atom stereocenters. The molecule has 1 heterocycles. The maximum atomic E-state index is 12.5. The molecular weight excluding hydrogens is 290 g/mol. The van der Waals surface area contributed by atoms with E-state index in [1.807, 2.05) is 11.8 Å². The Morgan fingerprint density at radius 2 is 1.95 bits per heavy atom. The Bertz CT molecular complexity index is 416. The molecule has 5 atom stereocenters. The molecule has 3 fully saturated rings. The van der Waals surface area contributed by atoms with E-state index in [0.29, 0.717) is 24.8 Å². The summed E-state index contributed by atoms with van der Waals surface area (Å²) >= 11 is 0. The quantitative estimate of drug-likeness (QED) is 0.813. The monoisotopic (exact) mass is 315 g/mol. The van der Waals surface area contributed by atoms with Gasteiger partial charge in [0.2, 0.25) is 11.8 Å². The lowest BCUT2D eigenvalue weighted by atomic mass is 9.84. The number of hydrogen-bond acceptors (Lipinski definition) is 3. The summed E-state index contributed by atoms with van der Waals surface area (Å²) in [7, 11) is 0. The molecule has 120 valence electrons. The van der Waals surface area contributed by atoms with Crippen LogP contribution in [0.3, 0.4) is 0 Å². The predicted octanol–water partition coefficient (Wildman–Crippen LogP) is 0.909. The largest absolute Gasteiger partial charge is 0.351 e. The van der Waals surface area contributed by atoms with Gasteiger partial charge in [-0.2, -0.15) is 0 Å². The van der Waals surface area contributed by atoms with Crippen molar-refractivity contribution in [3.8, 4) is 0 Å². The molecule has 0 aromatic rings. The Morgan fingerprint density at radius 1 is 1.24 bits per heavy atom. The Labute approximate surface area is 132 Å². The fraction of sp³-hybridized carbons (Fsp3) is 0.867. The zero-order chi connectivity index (χ0) is 14.3. The fourth-order valence-electron chi connectivity index (χ4n) is 4.35. The third-order valence-electron chi connectivity index (χ3n) is 5.47. The van der Waals surface area contributed by atoms with Crippen LogP contribution in [0.25, 0.3) is 0 Å². The highest BCUT2D eigenvalue weighted by atomic mass is 35.5. The molecule has 2 amide bonds. The van der Waals surface area contributed by atoms with Gasteiger partial charge in [-0.05, 0) is 37.5 Å². The first-order valence-corrected chi connectivity index (χ1v) is 7.94. The predicted molar refractivity (Wildman–Crippen MR) is 83.0 cm³/mol. The molecule has 0 aromatic carbocycles. The molecule has 2 aliphatic carbocycles. The summed E-state index contributed by atoms with van der Waals surface area (Å²) in [6, 6.07) is 0.160. The van der Waals surface area contributed by atoms with Gasteiger partial charge in [0.1, 0.15) is 0 Å². The van der Waals surface area contributed by atoms with E-state index in [1.54, 1.807) is 0 Å². The van der Waals surface area contributed by atoms with Gasteiger partial charge in [0.25, 0.3) is 0 Å². The van der Waals surface area contributed by atoms with E-state index in [2.05, 4.69) is 5.32 Å². The number of halogens is 1. The summed E-state index contributed by atoms with van der Waals surface area (Å²) in [4.78, 5) is 26.0. The van der Waals surface area contributed by atoms with Crippen LogP contribution < -0.4 is 11.1 Å². The highest BCUT2D eigenvalue weighted by Gasteiger charge is 2.49. The van der Waals surface area contributed by atoms with Crippen LogP contribution in [-0.2, 0) is 9.59 Å². The second-order valence-electron chi connectivity index (χ2n) is 6.62. The Morgan fingerprint density at radius 3 is 2.57 bits per heavy atom. The van der Waals surface area contributed by atoms with Gasteiger partial charge in [-0.1, -0.05) is 6.92 Å². The first-order chi connectivity index (χ1) is 9.60. The van der Waals surface area contributed by atoms with Crippen molar-refractivity contribution in [2.24, 2.45) is 23.5 Å². The van der Waals surface area contributed by atoms with E-state index in [4.69, 9.17) is 5.73 Å². The Balaban J connectivity index is 0.00000161. The molecule has 21 heavy (non-hydrogen) atoms. The number of rotatable bonds is 3. The van der Waals surface area contributed by atoms with Gasteiger partial charge in [0, 0.05) is 31.6 Å². The normalized spacial score (nSPS) is 37.4. The van der Waals surface area contributed by atoms with E-state index in [-0.39, 0.29) is 42.2 Å². The molecule has 2 saturated carbocycles. The van der Waals surface area contributed by atoms with E-state index in [0.717, 1.165) is 25.8 Å². The highest BCUT2D eigenvalue weighted by molar-refractivity contribution is 5.85. The molecule has 3 aliphatic rings. The molecule has 3 N–H and O–H groups in total. The minimum absolute atomic E-state index is 0. The molecular formula is C15H26ClN3O2. The number of fused-ring (bicyclic) bond motifs is 2. The van der Waals surface area contributed by atoms with Crippen LogP contribution in [0, 0.1) is 17.8 Å². The van der Waals surface area contributed by atoms with Gasteiger partial charge >= 0.3 is 0 Å². The first kappa shape index (κ1) is 16.6. The van der Waals surface area contributed by atoms with Gasteiger partial charge in [-0.15, -0.1) is 12.4 Å². The van der Waals surface area contributed by atoms with Crippen LogP contribution in [0.15, 0.2) is 0 Å². The Kier molecular flexibility index (Phi) is 5.15. The van der Waals surface area contributed by atoms with Gasteiger partial charge < -0.3 is 16.0 Å². The molecule has 0 radical (unpaired) electrons. The summed E-state index contributed by atoms with van der Waals surface area (Å²) in [6.07, 6.45) is 4.88. The van der Waals surface area contributed by atoms with Crippen molar-refractivity contribution in [1.82, 2.24) is 10.2 Å². The van der Waals surface area contributed by atoms with Crippen molar-refractivity contribution in [1.29, 1.82) is 0 Å². The maximum absolute atomic E-state index is 12.5. The van der Waals surface area contributed by atoms with E-state index < -0.39 is 0 Å². The number of carbonyl (C=O) groups is 2. The smallest absolute Gasteiger partial charge is 0.225 e. The molecule has 1 aliphatic heterocycles. The average molecular weight is 316 g/mol. The number of carbonyl (C=O) groups excluding carboxylic acids is 2. The summed E-state index contributed by atoms with van der Waals surface area (Å²) in [5.41, 5.74) is 6.21. The van der Waals surface area contributed by atoms with E-state index in [1.165, 1.54) is 6.42 Å². The zero-order valence-electron chi connectivity index (χ0n) is 12.6. The molecule has 1 saturated heterocycles. The summed E-state index contributed by atoms with van der Waals surface area (Å²) < 4.78 is 0. The van der Waals surface area contributed by atoms with Gasteiger partial charge in [-0.25, -0.2) is 0 Å². The summed E-state index contributed by atoms with van der Waals surface area (Å²) in [5, 5.41) is 3.13. The maximum Gasteiger partial charge on any atom is 0.225 e. The second kappa shape index (κ2) is 6.53. The number of nitrogens with one attached hydrogen (secondary N) is 1. The topological polar surface area (TPSA) is 75.4 Å². The lowest BCUT2D eigenvalue weighted by Crippen LogP contribution is -2.48. The number of nitrogens with zero attached hydrogens (tertiary/aromatic N) is 1.